The molecule has 3 heteroatoms. The number of benzene rings is 2. The molecule has 2 aromatic carbocycles. The van der Waals surface area contributed by atoms with Gasteiger partial charge in [0.15, 0.2) is 0 Å². The van der Waals surface area contributed by atoms with Crippen molar-refractivity contribution >= 4 is 5.69 Å². The van der Waals surface area contributed by atoms with Crippen LogP contribution < -0.4 is 9.64 Å². The van der Waals surface area contributed by atoms with E-state index in [1.165, 1.54) is 22.4 Å². The van der Waals surface area contributed by atoms with Gasteiger partial charge in [-0.05, 0) is 41.0 Å². The highest BCUT2D eigenvalue weighted by Gasteiger charge is 2.19. The number of nitrogens with zero attached hydrogens (tertiary/aromatic N) is 1. The SMILES string of the molecule is COc1ccc2c(c1)CN(c1ccc(C(C)CO)cc1)C2. The fourth-order valence-electron chi connectivity index (χ4n) is 2.80. The minimum atomic E-state index is 0.189. The standard InChI is InChI=1S/C18H21NO2/c1-13(12-20)14-3-6-17(7-4-14)19-10-15-5-8-18(21-2)9-16(15)11-19/h3-9,13,20H,10-12H2,1-2H3. The lowest BCUT2D eigenvalue weighted by Gasteiger charge is -2.19. The number of aliphatic hydroxyl groups excluding tert-OH is 1. The zero-order chi connectivity index (χ0) is 14.8. The molecule has 1 aliphatic rings. The van der Waals surface area contributed by atoms with E-state index < -0.39 is 0 Å². The Kier molecular flexibility index (Phi) is 3.84. The summed E-state index contributed by atoms with van der Waals surface area (Å²) in [6.07, 6.45) is 0. The van der Waals surface area contributed by atoms with Gasteiger partial charge in [0.25, 0.3) is 0 Å². The molecule has 0 saturated heterocycles. The first-order valence-corrected chi connectivity index (χ1v) is 7.33. The lowest BCUT2D eigenvalue weighted by atomic mass is 10.0. The molecule has 1 atom stereocenters. The van der Waals surface area contributed by atoms with E-state index in [9.17, 15) is 5.11 Å². The molecule has 0 fully saturated rings. The normalized spacial score (nSPS) is 14.9. The third-order valence-corrected chi connectivity index (χ3v) is 4.24. The number of hydrogen-bond donors (Lipinski definition) is 1. The second-order valence-electron chi connectivity index (χ2n) is 5.67. The predicted molar refractivity (Wildman–Crippen MR) is 84.8 cm³/mol. The molecule has 1 unspecified atom stereocenters. The van der Waals surface area contributed by atoms with Gasteiger partial charge in [-0.25, -0.2) is 0 Å². The highest BCUT2D eigenvalue weighted by Crippen LogP contribution is 2.31. The minimum Gasteiger partial charge on any atom is -0.497 e. The molecule has 0 aliphatic carbocycles. The number of rotatable bonds is 4. The van der Waals surface area contributed by atoms with Crippen molar-refractivity contribution in [3.63, 3.8) is 0 Å². The summed E-state index contributed by atoms with van der Waals surface area (Å²) in [6.45, 7) is 4.08. The van der Waals surface area contributed by atoms with Crippen molar-refractivity contribution in [3.8, 4) is 5.75 Å². The Labute approximate surface area is 125 Å². The molecular formula is C18H21NO2. The second-order valence-corrected chi connectivity index (χ2v) is 5.67. The van der Waals surface area contributed by atoms with Crippen LogP contribution in [0.15, 0.2) is 42.5 Å². The molecule has 3 rings (SSSR count). The zero-order valence-electron chi connectivity index (χ0n) is 12.5. The van der Waals surface area contributed by atoms with Gasteiger partial charge in [-0.15, -0.1) is 0 Å². The molecule has 110 valence electrons. The molecule has 0 saturated carbocycles. The largest absolute Gasteiger partial charge is 0.497 e. The smallest absolute Gasteiger partial charge is 0.119 e. The van der Waals surface area contributed by atoms with Crippen molar-refractivity contribution in [2.24, 2.45) is 0 Å². The third kappa shape index (κ3) is 2.74. The van der Waals surface area contributed by atoms with Crippen LogP contribution >= 0.6 is 0 Å². The van der Waals surface area contributed by atoms with Crippen molar-refractivity contribution in [2.45, 2.75) is 25.9 Å². The number of ether oxygens (including phenoxy) is 1. The van der Waals surface area contributed by atoms with E-state index in [-0.39, 0.29) is 12.5 Å². The second kappa shape index (κ2) is 5.78. The number of aliphatic hydroxyl groups is 1. The molecule has 0 amide bonds. The van der Waals surface area contributed by atoms with Gasteiger partial charge in [0.05, 0.1) is 7.11 Å². The van der Waals surface area contributed by atoms with Crippen molar-refractivity contribution in [1.29, 1.82) is 0 Å². The maximum atomic E-state index is 9.21. The molecule has 1 aliphatic heterocycles. The van der Waals surface area contributed by atoms with Gasteiger partial charge < -0.3 is 14.7 Å². The zero-order valence-corrected chi connectivity index (χ0v) is 12.5. The first-order chi connectivity index (χ1) is 10.2. The van der Waals surface area contributed by atoms with E-state index in [0.29, 0.717) is 0 Å². The van der Waals surface area contributed by atoms with Crippen molar-refractivity contribution < 1.29 is 9.84 Å². The van der Waals surface area contributed by atoms with Crippen LogP contribution in [0.25, 0.3) is 0 Å². The van der Waals surface area contributed by atoms with Crippen molar-refractivity contribution in [2.75, 3.05) is 18.6 Å². The quantitative estimate of drug-likeness (QED) is 0.934. The number of anilines is 1. The maximum absolute atomic E-state index is 9.21. The van der Waals surface area contributed by atoms with E-state index in [2.05, 4.69) is 41.3 Å². The number of fused-ring (bicyclic) bond motifs is 1. The molecule has 3 nitrogen and oxygen atoms in total. The molecule has 1 heterocycles. The van der Waals surface area contributed by atoms with Crippen LogP contribution in [-0.2, 0) is 13.1 Å². The van der Waals surface area contributed by atoms with Crippen molar-refractivity contribution in [1.82, 2.24) is 0 Å². The van der Waals surface area contributed by atoms with E-state index in [4.69, 9.17) is 4.74 Å². The summed E-state index contributed by atoms with van der Waals surface area (Å²) >= 11 is 0. The van der Waals surface area contributed by atoms with E-state index in [1.54, 1.807) is 7.11 Å². The molecule has 1 N–H and O–H groups in total. The fraction of sp³-hybridized carbons (Fsp3) is 0.333. The maximum Gasteiger partial charge on any atom is 0.119 e. The fourth-order valence-corrected chi connectivity index (χ4v) is 2.80. The van der Waals surface area contributed by atoms with Crippen LogP contribution in [-0.4, -0.2) is 18.8 Å². The monoisotopic (exact) mass is 283 g/mol. The third-order valence-electron chi connectivity index (χ3n) is 4.24. The lowest BCUT2D eigenvalue weighted by molar-refractivity contribution is 0.273. The van der Waals surface area contributed by atoms with Gasteiger partial charge in [-0.1, -0.05) is 25.1 Å². The molecule has 0 radical (unpaired) electrons. The van der Waals surface area contributed by atoms with Gasteiger partial charge in [0, 0.05) is 31.3 Å². The van der Waals surface area contributed by atoms with Crippen LogP contribution in [0, 0.1) is 0 Å². The Morgan fingerprint density at radius 2 is 1.81 bits per heavy atom. The molecule has 0 aromatic heterocycles. The average Bonchev–Trinajstić information content (AvgIpc) is 2.97. The average molecular weight is 283 g/mol. The van der Waals surface area contributed by atoms with Gasteiger partial charge in [0.1, 0.15) is 5.75 Å². The van der Waals surface area contributed by atoms with Gasteiger partial charge in [0.2, 0.25) is 0 Å². The van der Waals surface area contributed by atoms with Gasteiger partial charge in [-0.3, -0.25) is 0 Å². The summed E-state index contributed by atoms with van der Waals surface area (Å²) in [5.74, 6) is 1.11. The van der Waals surface area contributed by atoms with Gasteiger partial charge in [-0.2, -0.15) is 0 Å². The number of methoxy groups -OCH3 is 1. The van der Waals surface area contributed by atoms with Crippen LogP contribution in [0.4, 0.5) is 5.69 Å². The topological polar surface area (TPSA) is 32.7 Å². The van der Waals surface area contributed by atoms with Crippen LogP contribution in [0.2, 0.25) is 0 Å². The van der Waals surface area contributed by atoms with Crippen LogP contribution in [0.3, 0.4) is 0 Å². The molecular weight excluding hydrogens is 262 g/mol. The van der Waals surface area contributed by atoms with E-state index in [0.717, 1.165) is 18.8 Å². The molecule has 0 bridgehead atoms. The Morgan fingerprint density at radius 3 is 2.48 bits per heavy atom. The summed E-state index contributed by atoms with van der Waals surface area (Å²) in [5.41, 5.74) is 5.10. The summed E-state index contributed by atoms with van der Waals surface area (Å²) < 4.78 is 5.29. The Balaban J connectivity index is 1.77. The minimum absolute atomic E-state index is 0.189. The Bertz CT molecular complexity index is 622. The summed E-state index contributed by atoms with van der Waals surface area (Å²) in [7, 11) is 1.70. The van der Waals surface area contributed by atoms with Crippen LogP contribution in [0.1, 0.15) is 29.5 Å². The summed E-state index contributed by atoms with van der Waals surface area (Å²) in [5, 5.41) is 9.21. The Morgan fingerprint density at radius 1 is 1.10 bits per heavy atom. The van der Waals surface area contributed by atoms with Crippen LogP contribution in [0.5, 0.6) is 5.75 Å². The van der Waals surface area contributed by atoms with Gasteiger partial charge >= 0.3 is 0 Å². The lowest BCUT2D eigenvalue weighted by Crippen LogP contribution is -2.14. The first-order valence-electron chi connectivity index (χ1n) is 7.33. The van der Waals surface area contributed by atoms with E-state index >= 15 is 0 Å². The highest BCUT2D eigenvalue weighted by molar-refractivity contribution is 5.54. The van der Waals surface area contributed by atoms with Crippen molar-refractivity contribution in [3.05, 3.63) is 59.2 Å². The summed E-state index contributed by atoms with van der Waals surface area (Å²) in [6, 6.07) is 14.8. The Hall–Kier alpha value is -2.00. The summed E-state index contributed by atoms with van der Waals surface area (Å²) in [4.78, 5) is 2.36. The molecule has 2 aromatic rings. The first kappa shape index (κ1) is 14.0. The predicted octanol–water partition coefficient (Wildman–Crippen LogP) is 3.31. The molecule has 21 heavy (non-hydrogen) atoms. The highest BCUT2D eigenvalue weighted by atomic mass is 16.5. The number of hydrogen-bond acceptors (Lipinski definition) is 3. The molecule has 0 spiro atoms. The van der Waals surface area contributed by atoms with E-state index in [1.807, 2.05) is 13.0 Å².